The number of carbonyl (C=O) groups is 1. The molecular formula is C8H16O4. The van der Waals surface area contributed by atoms with Gasteiger partial charge in [0.15, 0.2) is 5.79 Å². The topological polar surface area (TPSA) is 55.8 Å². The van der Waals surface area contributed by atoms with Gasteiger partial charge in [0, 0.05) is 6.42 Å². The Morgan fingerprint density at radius 1 is 1.50 bits per heavy atom. The Bertz CT molecular complexity index is 136. The molecule has 0 spiro atoms. The van der Waals surface area contributed by atoms with Crippen molar-refractivity contribution in [2.45, 2.75) is 32.5 Å². The second-order valence-electron chi connectivity index (χ2n) is 2.97. The molecule has 0 aromatic heterocycles. The number of esters is 1. The minimum Gasteiger partial charge on any atom is -0.469 e. The van der Waals surface area contributed by atoms with Crippen LogP contribution in [0.15, 0.2) is 0 Å². The maximum Gasteiger partial charge on any atom is 0.305 e. The van der Waals surface area contributed by atoms with Crippen molar-refractivity contribution < 1.29 is 19.4 Å². The van der Waals surface area contributed by atoms with Gasteiger partial charge in [-0.2, -0.15) is 0 Å². The third-order valence-corrected chi connectivity index (χ3v) is 1.21. The van der Waals surface area contributed by atoms with Gasteiger partial charge in [-0.05, 0) is 20.3 Å². The molecule has 4 nitrogen and oxygen atoms in total. The molecule has 0 rings (SSSR count). The average Bonchev–Trinajstić information content (AvgIpc) is 1.96. The van der Waals surface area contributed by atoms with Crippen LogP contribution in [0.3, 0.4) is 0 Å². The van der Waals surface area contributed by atoms with Gasteiger partial charge in [0.1, 0.15) is 0 Å². The summed E-state index contributed by atoms with van der Waals surface area (Å²) in [6.45, 7) is 3.45. The molecule has 0 radical (unpaired) electrons. The van der Waals surface area contributed by atoms with Crippen molar-refractivity contribution in [1.82, 2.24) is 0 Å². The third-order valence-electron chi connectivity index (χ3n) is 1.21. The second-order valence-corrected chi connectivity index (χ2v) is 2.97. The van der Waals surface area contributed by atoms with Crippen molar-refractivity contribution in [3.05, 3.63) is 0 Å². The Kier molecular flexibility index (Phi) is 4.85. The first-order valence-corrected chi connectivity index (χ1v) is 3.89. The molecule has 0 fully saturated rings. The number of carbonyl (C=O) groups excluding carboxylic acids is 1. The quantitative estimate of drug-likeness (QED) is 0.380. The first-order chi connectivity index (χ1) is 5.45. The standard InChI is InChI=1S/C8H16O4/c1-8(2,10)12-6-4-5-7(9)11-3/h10H,4-6H2,1-3H3. The molecule has 0 saturated heterocycles. The van der Waals surface area contributed by atoms with Crippen molar-refractivity contribution >= 4 is 5.97 Å². The smallest absolute Gasteiger partial charge is 0.305 e. The van der Waals surface area contributed by atoms with E-state index >= 15 is 0 Å². The van der Waals surface area contributed by atoms with E-state index in [1.807, 2.05) is 0 Å². The number of hydrogen-bond acceptors (Lipinski definition) is 4. The van der Waals surface area contributed by atoms with Crippen molar-refractivity contribution in [3.8, 4) is 0 Å². The van der Waals surface area contributed by atoms with E-state index in [4.69, 9.17) is 9.84 Å². The summed E-state index contributed by atoms with van der Waals surface area (Å²) in [4.78, 5) is 10.6. The maximum absolute atomic E-state index is 10.6. The predicted molar refractivity (Wildman–Crippen MR) is 43.5 cm³/mol. The molecule has 0 atom stereocenters. The molecule has 0 saturated carbocycles. The second kappa shape index (κ2) is 5.11. The fraction of sp³-hybridized carbons (Fsp3) is 0.875. The van der Waals surface area contributed by atoms with Crippen LogP contribution in [-0.2, 0) is 14.3 Å². The lowest BCUT2D eigenvalue weighted by Gasteiger charge is -2.17. The summed E-state index contributed by atoms with van der Waals surface area (Å²) >= 11 is 0. The highest BCUT2D eigenvalue weighted by Crippen LogP contribution is 2.04. The molecule has 0 heterocycles. The maximum atomic E-state index is 10.6. The Labute approximate surface area is 72.5 Å². The molecule has 0 bridgehead atoms. The van der Waals surface area contributed by atoms with Gasteiger partial charge in [0.25, 0.3) is 0 Å². The SMILES string of the molecule is COC(=O)CCCOC(C)(C)O. The van der Waals surface area contributed by atoms with E-state index in [-0.39, 0.29) is 5.97 Å². The minimum atomic E-state index is -1.11. The van der Waals surface area contributed by atoms with E-state index < -0.39 is 5.79 Å². The monoisotopic (exact) mass is 176 g/mol. The molecule has 0 aliphatic rings. The molecule has 0 aromatic carbocycles. The average molecular weight is 176 g/mol. The minimum absolute atomic E-state index is 0.255. The van der Waals surface area contributed by atoms with E-state index in [0.29, 0.717) is 19.4 Å². The summed E-state index contributed by atoms with van der Waals surface area (Å²) in [6.07, 6.45) is 0.892. The summed E-state index contributed by atoms with van der Waals surface area (Å²) < 4.78 is 9.40. The number of ether oxygens (including phenoxy) is 2. The fourth-order valence-electron chi connectivity index (χ4n) is 0.641. The van der Waals surface area contributed by atoms with Crippen LogP contribution in [0.25, 0.3) is 0 Å². The van der Waals surface area contributed by atoms with Crippen LogP contribution in [0.5, 0.6) is 0 Å². The van der Waals surface area contributed by atoms with Gasteiger partial charge < -0.3 is 14.6 Å². The molecule has 0 aliphatic heterocycles. The highest BCUT2D eigenvalue weighted by atomic mass is 16.6. The van der Waals surface area contributed by atoms with Crippen LogP contribution in [0.4, 0.5) is 0 Å². The molecule has 0 amide bonds. The zero-order valence-corrected chi connectivity index (χ0v) is 7.79. The Hall–Kier alpha value is -0.610. The number of methoxy groups -OCH3 is 1. The van der Waals surface area contributed by atoms with E-state index in [9.17, 15) is 4.79 Å². The number of rotatable bonds is 5. The molecule has 0 aromatic rings. The lowest BCUT2D eigenvalue weighted by Crippen LogP contribution is -2.23. The Morgan fingerprint density at radius 3 is 2.50 bits per heavy atom. The normalized spacial score (nSPS) is 11.3. The van der Waals surface area contributed by atoms with Crippen molar-refractivity contribution in [3.63, 3.8) is 0 Å². The van der Waals surface area contributed by atoms with Gasteiger partial charge in [-0.25, -0.2) is 0 Å². The van der Waals surface area contributed by atoms with E-state index in [1.54, 1.807) is 13.8 Å². The molecule has 1 N–H and O–H groups in total. The van der Waals surface area contributed by atoms with Gasteiger partial charge in [-0.3, -0.25) is 4.79 Å². The van der Waals surface area contributed by atoms with E-state index in [1.165, 1.54) is 7.11 Å². The first kappa shape index (κ1) is 11.4. The lowest BCUT2D eigenvalue weighted by molar-refractivity contribution is -0.177. The van der Waals surface area contributed by atoms with Crippen LogP contribution in [-0.4, -0.2) is 30.6 Å². The van der Waals surface area contributed by atoms with Crippen LogP contribution in [0.1, 0.15) is 26.7 Å². The molecule has 0 aliphatic carbocycles. The van der Waals surface area contributed by atoms with Crippen LogP contribution < -0.4 is 0 Å². The summed E-state index contributed by atoms with van der Waals surface area (Å²) in [5.41, 5.74) is 0. The van der Waals surface area contributed by atoms with E-state index in [2.05, 4.69) is 4.74 Å². The van der Waals surface area contributed by atoms with Crippen LogP contribution >= 0.6 is 0 Å². The zero-order valence-electron chi connectivity index (χ0n) is 7.79. The lowest BCUT2D eigenvalue weighted by atomic mass is 10.3. The van der Waals surface area contributed by atoms with Crippen molar-refractivity contribution in [1.29, 1.82) is 0 Å². The molecule has 0 unspecified atom stereocenters. The zero-order chi connectivity index (χ0) is 9.61. The van der Waals surface area contributed by atoms with E-state index in [0.717, 1.165) is 0 Å². The number of aliphatic hydroxyl groups is 1. The summed E-state index contributed by atoms with van der Waals surface area (Å²) in [6, 6.07) is 0. The fourth-order valence-corrected chi connectivity index (χ4v) is 0.641. The predicted octanol–water partition coefficient (Wildman–Crippen LogP) is 0.685. The Balaban J connectivity index is 3.28. The third kappa shape index (κ3) is 7.50. The summed E-state index contributed by atoms with van der Waals surface area (Å²) in [7, 11) is 1.35. The van der Waals surface area contributed by atoms with Crippen LogP contribution in [0.2, 0.25) is 0 Å². The van der Waals surface area contributed by atoms with Gasteiger partial charge in [-0.1, -0.05) is 0 Å². The highest BCUT2D eigenvalue weighted by molar-refractivity contribution is 5.68. The highest BCUT2D eigenvalue weighted by Gasteiger charge is 2.11. The van der Waals surface area contributed by atoms with Gasteiger partial charge in [0.05, 0.1) is 13.7 Å². The largest absolute Gasteiger partial charge is 0.469 e. The molecular weight excluding hydrogens is 160 g/mol. The summed E-state index contributed by atoms with van der Waals surface area (Å²) in [5, 5.41) is 9.10. The van der Waals surface area contributed by atoms with Gasteiger partial charge >= 0.3 is 5.97 Å². The van der Waals surface area contributed by atoms with Gasteiger partial charge in [-0.15, -0.1) is 0 Å². The van der Waals surface area contributed by atoms with Crippen molar-refractivity contribution in [2.24, 2.45) is 0 Å². The number of hydrogen-bond donors (Lipinski definition) is 1. The van der Waals surface area contributed by atoms with Crippen LogP contribution in [0, 0.1) is 0 Å². The van der Waals surface area contributed by atoms with Crippen molar-refractivity contribution in [2.75, 3.05) is 13.7 Å². The summed E-state index contributed by atoms with van der Waals surface area (Å²) in [5.74, 6) is -1.37. The molecule has 72 valence electrons. The molecule has 4 heteroatoms. The first-order valence-electron chi connectivity index (χ1n) is 3.89. The molecule has 12 heavy (non-hydrogen) atoms. The Morgan fingerprint density at radius 2 is 2.08 bits per heavy atom. The van der Waals surface area contributed by atoms with Gasteiger partial charge in [0.2, 0.25) is 0 Å².